The molecule has 6 nitrogen and oxygen atoms in total. The summed E-state index contributed by atoms with van der Waals surface area (Å²) in [6.45, 7) is 9.01. The summed E-state index contributed by atoms with van der Waals surface area (Å²) in [5.41, 5.74) is 4.65. The highest BCUT2D eigenvalue weighted by Crippen LogP contribution is 2.34. The zero-order valence-electron chi connectivity index (χ0n) is 17.6. The highest BCUT2D eigenvalue weighted by Gasteiger charge is 2.20. The van der Waals surface area contributed by atoms with Gasteiger partial charge >= 0.3 is 5.97 Å². The van der Waals surface area contributed by atoms with E-state index in [0.717, 1.165) is 66.1 Å². The Kier molecular flexibility index (Phi) is 5.28. The number of nitrogens with zero attached hydrogens (tertiary/aromatic N) is 4. The molecule has 1 fully saturated rings. The Morgan fingerprint density at radius 2 is 1.93 bits per heavy atom. The lowest BCUT2D eigenvalue weighted by Crippen LogP contribution is -2.44. The molecule has 0 N–H and O–H groups in total. The first-order valence-corrected chi connectivity index (χ1v) is 10.1. The molecular weight excluding hydrogens is 364 g/mol. The molecule has 1 aliphatic heterocycles. The second-order valence-corrected chi connectivity index (χ2v) is 7.65. The van der Waals surface area contributed by atoms with Crippen molar-refractivity contribution in [3.63, 3.8) is 0 Å². The Hall–Kier alpha value is -2.86. The number of likely N-dealkylation sites (N-methyl/N-ethyl adjacent to an activating group) is 1. The van der Waals surface area contributed by atoms with E-state index < -0.39 is 0 Å². The molecule has 0 radical (unpaired) electrons. The Morgan fingerprint density at radius 3 is 2.55 bits per heavy atom. The second-order valence-electron chi connectivity index (χ2n) is 7.65. The highest BCUT2D eigenvalue weighted by atomic mass is 16.5. The molecule has 0 bridgehead atoms. The predicted octanol–water partition coefficient (Wildman–Crippen LogP) is 3.57. The number of methoxy groups -OCH3 is 1. The number of pyridine rings is 1. The van der Waals surface area contributed by atoms with E-state index in [1.165, 1.54) is 7.11 Å². The number of anilines is 1. The molecule has 2 aromatic heterocycles. The Bertz CT molecular complexity index is 1030. The number of carbonyl (C=O) groups is 1. The first kappa shape index (κ1) is 19.5. The van der Waals surface area contributed by atoms with E-state index in [0.29, 0.717) is 5.56 Å². The predicted molar refractivity (Wildman–Crippen MR) is 117 cm³/mol. The van der Waals surface area contributed by atoms with Crippen LogP contribution < -0.4 is 4.90 Å². The molecule has 0 unspecified atom stereocenters. The average molecular weight is 393 g/mol. The minimum absolute atomic E-state index is 0.309. The summed E-state index contributed by atoms with van der Waals surface area (Å²) in [4.78, 5) is 21.8. The lowest BCUT2D eigenvalue weighted by molar-refractivity contribution is 0.0600. The number of piperazine rings is 1. The number of ether oxygens (including phenoxy) is 1. The number of aryl methyl sites for hydroxylation is 2. The van der Waals surface area contributed by atoms with Gasteiger partial charge in [0.25, 0.3) is 0 Å². The Labute approximate surface area is 171 Å². The van der Waals surface area contributed by atoms with Gasteiger partial charge in [-0.05, 0) is 56.3 Å². The van der Waals surface area contributed by atoms with E-state index in [-0.39, 0.29) is 5.97 Å². The maximum atomic E-state index is 12.4. The Balaban J connectivity index is 1.78. The van der Waals surface area contributed by atoms with Crippen molar-refractivity contribution >= 4 is 22.7 Å². The normalized spacial score (nSPS) is 15.1. The third kappa shape index (κ3) is 3.49. The summed E-state index contributed by atoms with van der Waals surface area (Å²) in [7, 11) is 3.58. The number of rotatable bonds is 4. The number of aromatic nitrogens is 2. The van der Waals surface area contributed by atoms with Crippen molar-refractivity contribution in [1.29, 1.82) is 0 Å². The van der Waals surface area contributed by atoms with Gasteiger partial charge in [0.2, 0.25) is 0 Å². The molecular formula is C23H28N4O2. The lowest BCUT2D eigenvalue weighted by atomic mass is 9.96. The van der Waals surface area contributed by atoms with E-state index >= 15 is 0 Å². The second kappa shape index (κ2) is 7.87. The standard InChI is InChI=1S/C23H28N4O2/c1-5-26-9-8-18-20(14-19(23(28)29-4)16(2)22(18)26)17-6-7-21(24-15-17)27-12-10-25(3)11-13-27/h6-9,14-15H,5,10-13H2,1-4H3. The van der Waals surface area contributed by atoms with Crippen molar-refractivity contribution in [2.45, 2.75) is 20.4 Å². The van der Waals surface area contributed by atoms with E-state index in [1.807, 2.05) is 19.2 Å². The maximum absolute atomic E-state index is 12.4. The lowest BCUT2D eigenvalue weighted by Gasteiger charge is -2.33. The van der Waals surface area contributed by atoms with Gasteiger partial charge in [0.05, 0.1) is 18.2 Å². The SMILES string of the molecule is CCn1ccc2c(-c3ccc(N4CCN(C)CC4)nc3)cc(C(=O)OC)c(C)c21. The Morgan fingerprint density at radius 1 is 1.17 bits per heavy atom. The minimum Gasteiger partial charge on any atom is -0.465 e. The van der Waals surface area contributed by atoms with Crippen molar-refractivity contribution in [3.05, 3.63) is 47.8 Å². The minimum atomic E-state index is -0.309. The van der Waals surface area contributed by atoms with Crippen molar-refractivity contribution in [3.8, 4) is 11.1 Å². The van der Waals surface area contributed by atoms with Gasteiger partial charge in [-0.15, -0.1) is 0 Å². The summed E-state index contributed by atoms with van der Waals surface area (Å²) < 4.78 is 7.21. The zero-order chi connectivity index (χ0) is 20.5. The third-order valence-electron chi connectivity index (χ3n) is 5.93. The van der Waals surface area contributed by atoms with E-state index in [1.54, 1.807) is 0 Å². The largest absolute Gasteiger partial charge is 0.465 e. The van der Waals surface area contributed by atoms with Gasteiger partial charge in [-0.1, -0.05) is 0 Å². The van der Waals surface area contributed by atoms with Crippen LogP contribution in [0.2, 0.25) is 0 Å². The van der Waals surface area contributed by atoms with Gasteiger partial charge in [-0.3, -0.25) is 0 Å². The number of esters is 1. The molecule has 1 saturated heterocycles. The topological polar surface area (TPSA) is 50.6 Å². The van der Waals surface area contributed by atoms with Gasteiger partial charge in [0.15, 0.2) is 0 Å². The molecule has 3 heterocycles. The molecule has 1 aliphatic rings. The smallest absolute Gasteiger partial charge is 0.338 e. The molecule has 0 atom stereocenters. The van der Waals surface area contributed by atoms with Gasteiger partial charge < -0.3 is 19.1 Å². The molecule has 1 aromatic carbocycles. The molecule has 0 aliphatic carbocycles. The van der Waals surface area contributed by atoms with Gasteiger partial charge in [-0.2, -0.15) is 0 Å². The van der Waals surface area contributed by atoms with E-state index in [4.69, 9.17) is 9.72 Å². The molecule has 6 heteroatoms. The molecule has 29 heavy (non-hydrogen) atoms. The van der Waals surface area contributed by atoms with Gasteiger partial charge in [-0.25, -0.2) is 9.78 Å². The monoisotopic (exact) mass is 392 g/mol. The van der Waals surface area contributed by atoms with Crippen LogP contribution in [0.5, 0.6) is 0 Å². The van der Waals surface area contributed by atoms with Crippen LogP contribution in [0.3, 0.4) is 0 Å². The fraction of sp³-hybridized carbons (Fsp3) is 0.391. The van der Waals surface area contributed by atoms with Crippen LogP contribution in [0.4, 0.5) is 5.82 Å². The molecule has 152 valence electrons. The van der Waals surface area contributed by atoms with Crippen molar-refractivity contribution in [2.75, 3.05) is 45.2 Å². The third-order valence-corrected chi connectivity index (χ3v) is 5.93. The number of fused-ring (bicyclic) bond motifs is 1. The summed E-state index contributed by atoms with van der Waals surface area (Å²) in [6, 6.07) is 8.25. The van der Waals surface area contributed by atoms with E-state index in [2.05, 4.69) is 52.7 Å². The van der Waals surface area contributed by atoms with E-state index in [9.17, 15) is 4.79 Å². The summed E-state index contributed by atoms with van der Waals surface area (Å²) in [6.07, 6.45) is 4.00. The fourth-order valence-corrected chi connectivity index (χ4v) is 4.16. The number of hydrogen-bond donors (Lipinski definition) is 0. The zero-order valence-corrected chi connectivity index (χ0v) is 17.6. The summed E-state index contributed by atoms with van der Waals surface area (Å²) in [5.74, 6) is 0.695. The summed E-state index contributed by atoms with van der Waals surface area (Å²) >= 11 is 0. The quantitative estimate of drug-likeness (QED) is 0.636. The van der Waals surface area contributed by atoms with Crippen LogP contribution >= 0.6 is 0 Å². The fourth-order valence-electron chi connectivity index (χ4n) is 4.16. The van der Waals surface area contributed by atoms with Crippen molar-refractivity contribution < 1.29 is 9.53 Å². The van der Waals surface area contributed by atoms with Gasteiger partial charge in [0.1, 0.15) is 5.82 Å². The number of hydrogen-bond acceptors (Lipinski definition) is 5. The molecule has 0 saturated carbocycles. The van der Waals surface area contributed by atoms with Crippen molar-refractivity contribution in [1.82, 2.24) is 14.5 Å². The average Bonchev–Trinajstić information content (AvgIpc) is 3.19. The molecule has 4 rings (SSSR count). The van der Waals surface area contributed by atoms with Crippen molar-refractivity contribution in [2.24, 2.45) is 0 Å². The number of benzene rings is 1. The number of carbonyl (C=O) groups excluding carboxylic acids is 1. The molecule has 0 amide bonds. The van der Waals surface area contributed by atoms with Gasteiger partial charge in [0, 0.05) is 56.1 Å². The van der Waals surface area contributed by atoms with Crippen LogP contribution in [0.15, 0.2) is 36.7 Å². The molecule has 3 aromatic rings. The molecule has 0 spiro atoms. The first-order chi connectivity index (χ1) is 14.0. The van der Waals surface area contributed by atoms with Crippen LogP contribution in [0, 0.1) is 6.92 Å². The summed E-state index contributed by atoms with van der Waals surface area (Å²) in [5, 5.41) is 1.13. The van der Waals surface area contributed by atoms with Crippen LogP contribution in [-0.4, -0.2) is 60.8 Å². The van der Waals surface area contributed by atoms with Crippen LogP contribution in [0.1, 0.15) is 22.8 Å². The highest BCUT2D eigenvalue weighted by molar-refractivity contribution is 6.04. The first-order valence-electron chi connectivity index (χ1n) is 10.1. The van der Waals surface area contributed by atoms with Crippen LogP contribution in [0.25, 0.3) is 22.0 Å². The van der Waals surface area contributed by atoms with Crippen LogP contribution in [-0.2, 0) is 11.3 Å². The maximum Gasteiger partial charge on any atom is 0.338 e.